The van der Waals surface area contributed by atoms with Crippen LogP contribution in [0.2, 0.25) is 0 Å². The van der Waals surface area contributed by atoms with Gasteiger partial charge in [-0.15, -0.1) is 12.4 Å². The average Bonchev–Trinajstić information content (AvgIpc) is 3.09. The van der Waals surface area contributed by atoms with E-state index in [1.54, 1.807) is 0 Å². The summed E-state index contributed by atoms with van der Waals surface area (Å²) >= 11 is 0. The molecule has 0 spiro atoms. The number of nitrogens with zero attached hydrogens (tertiary/aromatic N) is 2. The molecule has 0 radical (unpaired) electrons. The highest BCUT2D eigenvalue weighted by Gasteiger charge is 2.30. The number of benzene rings is 1. The van der Waals surface area contributed by atoms with Crippen molar-refractivity contribution in [2.24, 2.45) is 0 Å². The Bertz CT molecular complexity index is 591. The van der Waals surface area contributed by atoms with E-state index < -0.39 is 11.7 Å². The van der Waals surface area contributed by atoms with Gasteiger partial charge in [0, 0.05) is 5.56 Å². The van der Waals surface area contributed by atoms with Crippen LogP contribution in [0.4, 0.5) is 13.2 Å². The molecule has 4 nitrogen and oxygen atoms in total. The van der Waals surface area contributed by atoms with E-state index in [0.29, 0.717) is 17.3 Å². The van der Waals surface area contributed by atoms with Crippen molar-refractivity contribution >= 4 is 12.4 Å². The van der Waals surface area contributed by atoms with E-state index in [4.69, 9.17) is 4.52 Å². The Morgan fingerprint density at radius 3 is 2.48 bits per heavy atom. The van der Waals surface area contributed by atoms with Crippen LogP contribution in [0.15, 0.2) is 28.8 Å². The number of nitrogens with one attached hydrogen (secondary N) is 1. The van der Waals surface area contributed by atoms with Gasteiger partial charge in [0.05, 0.1) is 11.6 Å². The van der Waals surface area contributed by atoms with Crippen molar-refractivity contribution in [1.29, 1.82) is 0 Å². The van der Waals surface area contributed by atoms with Crippen molar-refractivity contribution in [3.8, 4) is 11.4 Å². The summed E-state index contributed by atoms with van der Waals surface area (Å²) in [5.74, 6) is 0.792. The minimum Gasteiger partial charge on any atom is -0.337 e. The van der Waals surface area contributed by atoms with Gasteiger partial charge in [-0.05, 0) is 31.5 Å². The van der Waals surface area contributed by atoms with Gasteiger partial charge in [-0.2, -0.15) is 18.2 Å². The maximum atomic E-state index is 12.5. The van der Waals surface area contributed by atoms with Gasteiger partial charge in [-0.25, -0.2) is 0 Å². The molecule has 0 aliphatic carbocycles. The van der Waals surface area contributed by atoms with Crippen LogP contribution in [0.25, 0.3) is 11.4 Å². The van der Waals surface area contributed by atoms with E-state index in [9.17, 15) is 13.2 Å². The lowest BCUT2D eigenvalue weighted by atomic mass is 10.1. The van der Waals surface area contributed by atoms with Crippen LogP contribution in [0, 0.1) is 0 Å². The van der Waals surface area contributed by atoms with Crippen LogP contribution >= 0.6 is 12.4 Å². The van der Waals surface area contributed by atoms with Gasteiger partial charge in [0.1, 0.15) is 0 Å². The second kappa shape index (κ2) is 6.03. The summed E-state index contributed by atoms with van der Waals surface area (Å²) in [7, 11) is 0. The van der Waals surface area contributed by atoms with Crippen LogP contribution in [-0.4, -0.2) is 16.7 Å². The zero-order valence-corrected chi connectivity index (χ0v) is 11.7. The first-order valence-electron chi connectivity index (χ1n) is 6.28. The van der Waals surface area contributed by atoms with E-state index in [2.05, 4.69) is 15.5 Å². The molecule has 1 aliphatic heterocycles. The van der Waals surface area contributed by atoms with Crippen molar-refractivity contribution in [2.75, 3.05) is 6.54 Å². The molecule has 1 saturated heterocycles. The normalized spacial score (nSPS) is 18.5. The Hall–Kier alpha value is -1.60. The second-order valence-electron chi connectivity index (χ2n) is 4.68. The molecule has 0 bridgehead atoms. The topological polar surface area (TPSA) is 51.0 Å². The molecule has 1 aromatic carbocycles. The molecular formula is C13H13ClF3N3O. The Morgan fingerprint density at radius 2 is 1.90 bits per heavy atom. The Balaban J connectivity index is 0.00000161. The molecule has 2 aromatic rings. The van der Waals surface area contributed by atoms with Gasteiger partial charge in [0.25, 0.3) is 0 Å². The molecule has 1 N–H and O–H groups in total. The predicted molar refractivity (Wildman–Crippen MR) is 72.0 cm³/mol. The SMILES string of the molecule is Cl.FC(F)(F)c1ccc(-c2noc([C@H]3CCCN3)n2)cc1. The van der Waals surface area contributed by atoms with Crippen molar-refractivity contribution in [3.63, 3.8) is 0 Å². The summed E-state index contributed by atoms with van der Waals surface area (Å²) in [4.78, 5) is 4.23. The first kappa shape index (κ1) is 15.8. The fourth-order valence-corrected chi connectivity index (χ4v) is 2.20. The zero-order chi connectivity index (χ0) is 14.2. The molecule has 1 atom stereocenters. The van der Waals surface area contributed by atoms with Crippen LogP contribution in [-0.2, 0) is 6.18 Å². The summed E-state index contributed by atoms with van der Waals surface area (Å²) in [6, 6.07) is 4.77. The largest absolute Gasteiger partial charge is 0.416 e. The number of rotatable bonds is 2. The molecular weight excluding hydrogens is 307 g/mol. The average molecular weight is 320 g/mol. The van der Waals surface area contributed by atoms with E-state index in [-0.39, 0.29) is 18.4 Å². The first-order chi connectivity index (χ1) is 9.54. The highest BCUT2D eigenvalue weighted by atomic mass is 35.5. The summed E-state index contributed by atoms with van der Waals surface area (Å²) in [6.07, 6.45) is -2.37. The van der Waals surface area contributed by atoms with Crippen molar-refractivity contribution in [2.45, 2.75) is 25.1 Å². The Kier molecular flexibility index (Phi) is 4.53. The molecule has 0 unspecified atom stereocenters. The van der Waals surface area contributed by atoms with Crippen molar-refractivity contribution < 1.29 is 17.7 Å². The van der Waals surface area contributed by atoms with E-state index in [1.807, 2.05) is 0 Å². The third kappa shape index (κ3) is 3.36. The van der Waals surface area contributed by atoms with Crippen LogP contribution in [0.3, 0.4) is 0 Å². The predicted octanol–water partition coefficient (Wildman–Crippen LogP) is 3.60. The van der Waals surface area contributed by atoms with Crippen molar-refractivity contribution in [1.82, 2.24) is 15.5 Å². The highest BCUT2D eigenvalue weighted by Crippen LogP contribution is 2.31. The van der Waals surface area contributed by atoms with Crippen molar-refractivity contribution in [3.05, 3.63) is 35.7 Å². The van der Waals surface area contributed by atoms with Gasteiger partial charge in [-0.3, -0.25) is 0 Å². The third-order valence-corrected chi connectivity index (χ3v) is 3.27. The molecule has 1 aromatic heterocycles. The van der Waals surface area contributed by atoms with E-state index in [1.165, 1.54) is 12.1 Å². The van der Waals surface area contributed by atoms with Crippen LogP contribution in [0.1, 0.15) is 30.3 Å². The number of hydrogen-bond acceptors (Lipinski definition) is 4. The van der Waals surface area contributed by atoms with Gasteiger partial charge >= 0.3 is 6.18 Å². The first-order valence-corrected chi connectivity index (χ1v) is 6.28. The lowest BCUT2D eigenvalue weighted by Gasteiger charge is -2.05. The second-order valence-corrected chi connectivity index (χ2v) is 4.68. The van der Waals surface area contributed by atoms with Gasteiger partial charge in [0.2, 0.25) is 11.7 Å². The molecule has 8 heteroatoms. The minimum atomic E-state index is -4.34. The number of aromatic nitrogens is 2. The molecule has 3 rings (SSSR count). The highest BCUT2D eigenvalue weighted by molar-refractivity contribution is 5.85. The molecule has 2 heterocycles. The monoisotopic (exact) mass is 319 g/mol. The summed E-state index contributed by atoms with van der Waals surface area (Å²) < 4.78 is 42.6. The number of halogens is 4. The quantitative estimate of drug-likeness (QED) is 0.919. The van der Waals surface area contributed by atoms with E-state index in [0.717, 1.165) is 31.5 Å². The fourth-order valence-electron chi connectivity index (χ4n) is 2.20. The van der Waals surface area contributed by atoms with Gasteiger partial charge in [-0.1, -0.05) is 17.3 Å². The zero-order valence-electron chi connectivity index (χ0n) is 10.9. The number of alkyl halides is 3. The van der Waals surface area contributed by atoms with Gasteiger partial charge in [0.15, 0.2) is 0 Å². The summed E-state index contributed by atoms with van der Waals surface area (Å²) in [6.45, 7) is 0.905. The standard InChI is InChI=1S/C13H12F3N3O.ClH/c14-13(15,16)9-5-3-8(4-6-9)11-18-12(20-19-11)10-2-1-7-17-10;/h3-6,10,17H,1-2,7H2;1H/t10-;/m1./s1. The minimum absolute atomic E-state index is 0. The van der Waals surface area contributed by atoms with Crippen LogP contribution in [0.5, 0.6) is 0 Å². The maximum Gasteiger partial charge on any atom is 0.416 e. The number of hydrogen-bond donors (Lipinski definition) is 1. The molecule has 0 saturated carbocycles. The Labute approximate surface area is 125 Å². The third-order valence-electron chi connectivity index (χ3n) is 3.27. The Morgan fingerprint density at radius 1 is 1.19 bits per heavy atom. The van der Waals surface area contributed by atoms with Crippen LogP contribution < -0.4 is 5.32 Å². The lowest BCUT2D eigenvalue weighted by Crippen LogP contribution is -2.12. The molecule has 1 fully saturated rings. The summed E-state index contributed by atoms with van der Waals surface area (Å²) in [5, 5.41) is 7.04. The molecule has 0 amide bonds. The van der Waals surface area contributed by atoms with E-state index >= 15 is 0 Å². The lowest BCUT2D eigenvalue weighted by molar-refractivity contribution is -0.137. The maximum absolute atomic E-state index is 12.5. The van der Waals surface area contributed by atoms with Gasteiger partial charge < -0.3 is 9.84 Å². The molecule has 114 valence electrons. The molecule has 21 heavy (non-hydrogen) atoms. The smallest absolute Gasteiger partial charge is 0.337 e. The summed E-state index contributed by atoms with van der Waals surface area (Å²) in [5.41, 5.74) is -0.187. The molecule has 1 aliphatic rings. The fraction of sp³-hybridized carbons (Fsp3) is 0.385.